The molecule has 4 unspecified atom stereocenters. The van der Waals surface area contributed by atoms with Crippen LogP contribution in [0.3, 0.4) is 0 Å². The van der Waals surface area contributed by atoms with Gasteiger partial charge in [0.15, 0.2) is 0 Å². The van der Waals surface area contributed by atoms with Crippen molar-refractivity contribution in [1.82, 2.24) is 5.32 Å². The van der Waals surface area contributed by atoms with E-state index in [-0.39, 0.29) is 0 Å². The van der Waals surface area contributed by atoms with E-state index in [1.807, 2.05) is 0 Å². The molecule has 1 nitrogen and oxygen atoms in total. The molecule has 1 heteroatoms. The van der Waals surface area contributed by atoms with E-state index in [9.17, 15) is 0 Å². The Kier molecular flexibility index (Phi) is 3.19. The molecule has 0 aliphatic heterocycles. The second-order valence-corrected chi connectivity index (χ2v) is 5.92. The first-order valence-electron chi connectivity index (χ1n) is 7.08. The van der Waals surface area contributed by atoms with Crippen LogP contribution in [-0.4, -0.2) is 13.1 Å². The predicted octanol–water partition coefficient (Wildman–Crippen LogP) is 3.25. The van der Waals surface area contributed by atoms with Crippen molar-refractivity contribution in [1.29, 1.82) is 0 Å². The lowest BCUT2D eigenvalue weighted by Gasteiger charge is -2.30. The van der Waals surface area contributed by atoms with Gasteiger partial charge in [-0.05, 0) is 56.0 Å². The van der Waals surface area contributed by atoms with Gasteiger partial charge in [0, 0.05) is 6.04 Å². The normalized spacial score (nSPS) is 32.9. The largest absolute Gasteiger partial charge is 0.316 e. The Bertz CT molecular complexity index is 359. The maximum absolute atomic E-state index is 3.58. The molecule has 4 atom stereocenters. The summed E-state index contributed by atoms with van der Waals surface area (Å²) in [6.07, 6.45) is 7.18. The lowest BCUT2D eigenvalue weighted by molar-refractivity contribution is 0.255. The number of nitrogens with one attached hydrogen (secondary N) is 1. The molecule has 1 aromatic rings. The Hall–Kier alpha value is -0.820. The van der Waals surface area contributed by atoms with Crippen LogP contribution in [0.5, 0.6) is 0 Å². The van der Waals surface area contributed by atoms with Crippen molar-refractivity contribution in [3.8, 4) is 0 Å². The van der Waals surface area contributed by atoms with Gasteiger partial charge in [0.05, 0.1) is 0 Å². The number of fused-ring (bicyclic) bond motifs is 2. The predicted molar refractivity (Wildman–Crippen MR) is 71.9 cm³/mol. The van der Waals surface area contributed by atoms with Gasteiger partial charge in [-0.25, -0.2) is 0 Å². The summed E-state index contributed by atoms with van der Waals surface area (Å²) in [7, 11) is 2.14. The average molecular weight is 229 g/mol. The van der Waals surface area contributed by atoms with Crippen molar-refractivity contribution in [3.63, 3.8) is 0 Å². The molecular weight excluding hydrogens is 206 g/mol. The Morgan fingerprint density at radius 3 is 2.59 bits per heavy atom. The van der Waals surface area contributed by atoms with E-state index in [0.717, 1.165) is 17.8 Å². The minimum Gasteiger partial charge on any atom is -0.316 e. The zero-order valence-electron chi connectivity index (χ0n) is 10.7. The molecule has 2 fully saturated rings. The molecule has 0 amide bonds. The fourth-order valence-corrected chi connectivity index (χ4v) is 4.12. The van der Waals surface area contributed by atoms with E-state index in [1.165, 1.54) is 37.7 Å². The fourth-order valence-electron chi connectivity index (χ4n) is 4.12. The van der Waals surface area contributed by atoms with Crippen molar-refractivity contribution < 1.29 is 0 Å². The van der Waals surface area contributed by atoms with Crippen molar-refractivity contribution in [2.45, 2.75) is 38.1 Å². The van der Waals surface area contributed by atoms with E-state index < -0.39 is 0 Å². The summed E-state index contributed by atoms with van der Waals surface area (Å²) in [6.45, 7) is 0. The summed E-state index contributed by atoms with van der Waals surface area (Å²) in [5, 5.41) is 3.58. The van der Waals surface area contributed by atoms with E-state index in [4.69, 9.17) is 0 Å². The quantitative estimate of drug-likeness (QED) is 0.835. The molecule has 2 aliphatic carbocycles. The van der Waals surface area contributed by atoms with Gasteiger partial charge < -0.3 is 5.32 Å². The molecule has 1 N–H and O–H groups in total. The molecule has 0 heterocycles. The highest BCUT2D eigenvalue weighted by Gasteiger charge is 2.42. The molecular formula is C16H23N. The van der Waals surface area contributed by atoms with Gasteiger partial charge in [0.2, 0.25) is 0 Å². The Labute approximate surface area is 105 Å². The van der Waals surface area contributed by atoms with Crippen LogP contribution in [0.4, 0.5) is 0 Å². The maximum Gasteiger partial charge on any atom is 0.0135 e. The summed E-state index contributed by atoms with van der Waals surface area (Å²) in [5.41, 5.74) is 1.48. The van der Waals surface area contributed by atoms with Gasteiger partial charge in [0.1, 0.15) is 0 Å². The van der Waals surface area contributed by atoms with Gasteiger partial charge in [0.25, 0.3) is 0 Å². The summed E-state index contributed by atoms with van der Waals surface area (Å²) >= 11 is 0. The standard InChI is InChI=1S/C16H23N/c1-17-16(11-12-5-3-2-4-6-12)15-10-13-7-8-14(15)9-13/h2-6,13-17H,7-11H2,1H3. The highest BCUT2D eigenvalue weighted by atomic mass is 14.9. The number of hydrogen-bond acceptors (Lipinski definition) is 1. The second-order valence-electron chi connectivity index (χ2n) is 5.92. The van der Waals surface area contributed by atoms with Gasteiger partial charge in [-0.3, -0.25) is 0 Å². The third kappa shape index (κ3) is 2.26. The number of rotatable bonds is 4. The van der Waals surface area contributed by atoms with Crippen molar-refractivity contribution >= 4 is 0 Å². The van der Waals surface area contributed by atoms with Gasteiger partial charge in [-0.1, -0.05) is 36.8 Å². The lowest BCUT2D eigenvalue weighted by atomic mass is 9.81. The molecule has 1 aromatic carbocycles. The third-order valence-electron chi connectivity index (χ3n) is 4.98. The first kappa shape index (κ1) is 11.3. The molecule has 17 heavy (non-hydrogen) atoms. The highest BCUT2D eigenvalue weighted by molar-refractivity contribution is 5.16. The number of benzene rings is 1. The number of hydrogen-bond donors (Lipinski definition) is 1. The average Bonchev–Trinajstić information content (AvgIpc) is 2.99. The summed E-state index contributed by atoms with van der Waals surface area (Å²) in [4.78, 5) is 0. The zero-order chi connectivity index (χ0) is 11.7. The molecule has 0 saturated heterocycles. The minimum absolute atomic E-state index is 0.688. The van der Waals surface area contributed by atoms with Crippen molar-refractivity contribution in [3.05, 3.63) is 35.9 Å². The van der Waals surface area contributed by atoms with Crippen LogP contribution in [0.2, 0.25) is 0 Å². The van der Waals surface area contributed by atoms with Crippen LogP contribution in [0.1, 0.15) is 31.2 Å². The Morgan fingerprint density at radius 1 is 1.18 bits per heavy atom. The molecule has 3 rings (SSSR count). The maximum atomic E-state index is 3.58. The van der Waals surface area contributed by atoms with Crippen LogP contribution in [0.15, 0.2) is 30.3 Å². The van der Waals surface area contributed by atoms with Gasteiger partial charge in [-0.15, -0.1) is 0 Å². The SMILES string of the molecule is CNC(Cc1ccccc1)C1CC2CCC1C2. The minimum atomic E-state index is 0.688. The van der Waals surface area contributed by atoms with Crippen molar-refractivity contribution in [2.24, 2.45) is 17.8 Å². The Balaban J connectivity index is 1.68. The monoisotopic (exact) mass is 229 g/mol. The fraction of sp³-hybridized carbons (Fsp3) is 0.625. The molecule has 0 spiro atoms. The smallest absolute Gasteiger partial charge is 0.0135 e. The number of likely N-dealkylation sites (N-methyl/N-ethyl adjacent to an activating group) is 1. The molecule has 0 radical (unpaired) electrons. The van der Waals surface area contributed by atoms with Crippen LogP contribution in [0.25, 0.3) is 0 Å². The topological polar surface area (TPSA) is 12.0 Å². The van der Waals surface area contributed by atoms with Crippen LogP contribution >= 0.6 is 0 Å². The Morgan fingerprint density at radius 2 is 2.00 bits per heavy atom. The summed E-state index contributed by atoms with van der Waals surface area (Å²) < 4.78 is 0. The van der Waals surface area contributed by atoms with Crippen LogP contribution in [-0.2, 0) is 6.42 Å². The molecule has 0 aromatic heterocycles. The highest BCUT2D eigenvalue weighted by Crippen LogP contribution is 2.49. The van der Waals surface area contributed by atoms with Gasteiger partial charge >= 0.3 is 0 Å². The molecule has 2 bridgehead atoms. The van der Waals surface area contributed by atoms with E-state index in [2.05, 4.69) is 42.7 Å². The molecule has 2 aliphatic rings. The summed E-state index contributed by atoms with van der Waals surface area (Å²) in [6, 6.07) is 11.6. The molecule has 2 saturated carbocycles. The van der Waals surface area contributed by atoms with Crippen LogP contribution < -0.4 is 5.32 Å². The zero-order valence-corrected chi connectivity index (χ0v) is 10.7. The van der Waals surface area contributed by atoms with Crippen molar-refractivity contribution in [2.75, 3.05) is 7.05 Å². The lowest BCUT2D eigenvalue weighted by Crippen LogP contribution is -2.38. The first-order chi connectivity index (χ1) is 8.36. The summed E-state index contributed by atoms with van der Waals surface area (Å²) in [5.74, 6) is 3.00. The third-order valence-corrected chi connectivity index (χ3v) is 4.98. The van der Waals surface area contributed by atoms with Crippen LogP contribution in [0, 0.1) is 17.8 Å². The molecule has 92 valence electrons. The first-order valence-corrected chi connectivity index (χ1v) is 7.08. The van der Waals surface area contributed by atoms with Gasteiger partial charge in [-0.2, -0.15) is 0 Å². The van der Waals surface area contributed by atoms with E-state index in [0.29, 0.717) is 6.04 Å². The van der Waals surface area contributed by atoms with E-state index >= 15 is 0 Å². The van der Waals surface area contributed by atoms with E-state index in [1.54, 1.807) is 0 Å². The second kappa shape index (κ2) is 4.81.